The molecule has 5 nitrogen and oxygen atoms in total. The van der Waals surface area contributed by atoms with Gasteiger partial charge in [-0.25, -0.2) is 4.98 Å². The lowest BCUT2D eigenvalue weighted by Gasteiger charge is -2.39. The van der Waals surface area contributed by atoms with Gasteiger partial charge in [-0.2, -0.15) is 5.10 Å². The molecule has 0 spiro atoms. The van der Waals surface area contributed by atoms with Crippen LogP contribution in [0.15, 0.2) is 0 Å². The summed E-state index contributed by atoms with van der Waals surface area (Å²) in [4.78, 5) is 7.25. The minimum Gasteiger partial charge on any atom is -0.335 e. The molecule has 0 aliphatic carbocycles. The summed E-state index contributed by atoms with van der Waals surface area (Å²) in [5.74, 6) is 0.849. The van der Waals surface area contributed by atoms with Crippen molar-refractivity contribution in [2.24, 2.45) is 0 Å². The predicted octanol–water partition coefficient (Wildman–Crippen LogP) is 2.11. The van der Waals surface area contributed by atoms with E-state index in [9.17, 15) is 0 Å². The molecule has 3 heterocycles. The Morgan fingerprint density at radius 3 is 2.62 bits per heavy atom. The molecule has 2 atom stereocenters. The molecule has 2 aliphatic rings. The maximum atomic E-state index is 4.83. The lowest BCUT2D eigenvalue weighted by atomic mass is 9.95. The van der Waals surface area contributed by atoms with E-state index >= 15 is 0 Å². The van der Waals surface area contributed by atoms with Gasteiger partial charge in [0.15, 0.2) is 0 Å². The summed E-state index contributed by atoms with van der Waals surface area (Å²) in [7, 11) is 0. The Kier molecular flexibility index (Phi) is 4.68. The maximum Gasteiger partial charge on any atom is 0.245 e. The van der Waals surface area contributed by atoms with Gasteiger partial charge in [-0.15, -0.1) is 5.10 Å². The van der Waals surface area contributed by atoms with Crippen LogP contribution in [0.1, 0.15) is 57.3 Å². The third kappa shape index (κ3) is 3.03. The van der Waals surface area contributed by atoms with E-state index in [1.807, 2.05) is 0 Å². The minimum absolute atomic E-state index is 0.542. The summed E-state index contributed by atoms with van der Waals surface area (Å²) in [6, 6.07) is 1.14. The summed E-state index contributed by atoms with van der Waals surface area (Å²) in [6.45, 7) is 6.50. The number of anilines is 1. The molecule has 1 aromatic rings. The molecule has 0 saturated carbocycles. The van der Waals surface area contributed by atoms with Crippen LogP contribution in [0.4, 0.5) is 5.95 Å². The van der Waals surface area contributed by atoms with Crippen LogP contribution >= 0.6 is 0 Å². The number of rotatable bonds is 4. The molecular formula is C16H27N5. The molecule has 2 aliphatic heterocycles. The van der Waals surface area contributed by atoms with Crippen molar-refractivity contribution in [3.05, 3.63) is 11.4 Å². The SMILES string of the molecule is CCc1nnc(N2CCCCC2C2CCCN2)nc1CC. The number of aryl methyl sites for hydroxylation is 2. The lowest BCUT2D eigenvalue weighted by Crippen LogP contribution is -2.51. The first-order chi connectivity index (χ1) is 10.3. The standard InChI is InChI=1S/C16H27N5/c1-3-12-13(4-2)19-20-16(18-12)21-11-6-5-9-15(21)14-8-7-10-17-14/h14-15,17H,3-11H2,1-2H3. The van der Waals surface area contributed by atoms with Crippen LogP contribution in [0.3, 0.4) is 0 Å². The average molecular weight is 289 g/mol. The summed E-state index contributed by atoms with van der Waals surface area (Å²) in [6.07, 6.45) is 8.23. The monoisotopic (exact) mass is 289 g/mol. The molecule has 116 valence electrons. The van der Waals surface area contributed by atoms with Crippen LogP contribution in [0, 0.1) is 0 Å². The van der Waals surface area contributed by atoms with Gasteiger partial charge in [0.05, 0.1) is 11.4 Å². The Labute approximate surface area is 127 Å². The van der Waals surface area contributed by atoms with Crippen molar-refractivity contribution in [3.63, 3.8) is 0 Å². The van der Waals surface area contributed by atoms with Gasteiger partial charge in [0, 0.05) is 18.6 Å². The molecule has 0 aromatic carbocycles. The first-order valence-electron chi connectivity index (χ1n) is 8.56. The second kappa shape index (κ2) is 6.69. The van der Waals surface area contributed by atoms with E-state index in [4.69, 9.17) is 4.98 Å². The summed E-state index contributed by atoms with van der Waals surface area (Å²) < 4.78 is 0. The highest BCUT2D eigenvalue weighted by atomic mass is 15.3. The van der Waals surface area contributed by atoms with Crippen LogP contribution in [-0.2, 0) is 12.8 Å². The quantitative estimate of drug-likeness (QED) is 0.920. The fourth-order valence-corrected chi connectivity index (χ4v) is 3.71. The number of aromatic nitrogens is 3. The molecular weight excluding hydrogens is 262 g/mol. The van der Waals surface area contributed by atoms with Crippen molar-refractivity contribution in [2.75, 3.05) is 18.0 Å². The first-order valence-corrected chi connectivity index (χ1v) is 8.56. The smallest absolute Gasteiger partial charge is 0.245 e. The van der Waals surface area contributed by atoms with Gasteiger partial charge >= 0.3 is 0 Å². The molecule has 2 unspecified atom stereocenters. The van der Waals surface area contributed by atoms with Gasteiger partial charge in [0.25, 0.3) is 0 Å². The highest BCUT2D eigenvalue weighted by Gasteiger charge is 2.33. The minimum atomic E-state index is 0.542. The zero-order chi connectivity index (χ0) is 14.7. The van der Waals surface area contributed by atoms with E-state index in [1.165, 1.54) is 32.1 Å². The van der Waals surface area contributed by atoms with Crippen molar-refractivity contribution in [1.82, 2.24) is 20.5 Å². The number of hydrogen-bond acceptors (Lipinski definition) is 5. The van der Waals surface area contributed by atoms with Crippen molar-refractivity contribution in [1.29, 1.82) is 0 Å². The van der Waals surface area contributed by atoms with Crippen molar-refractivity contribution >= 4 is 5.95 Å². The molecule has 1 aromatic heterocycles. The second-order valence-corrected chi connectivity index (χ2v) is 6.17. The van der Waals surface area contributed by atoms with Crippen molar-refractivity contribution in [3.8, 4) is 0 Å². The van der Waals surface area contributed by atoms with Gasteiger partial charge < -0.3 is 10.2 Å². The normalized spacial score (nSPS) is 26.3. The Bertz CT molecular complexity index is 470. The number of nitrogens with one attached hydrogen (secondary N) is 1. The molecule has 3 rings (SSSR count). The van der Waals surface area contributed by atoms with Crippen molar-refractivity contribution in [2.45, 2.75) is 70.9 Å². The molecule has 0 radical (unpaired) electrons. The van der Waals surface area contributed by atoms with Gasteiger partial charge in [0.1, 0.15) is 0 Å². The van der Waals surface area contributed by atoms with Gasteiger partial charge in [-0.1, -0.05) is 13.8 Å². The maximum absolute atomic E-state index is 4.83. The Morgan fingerprint density at radius 2 is 1.90 bits per heavy atom. The first kappa shape index (κ1) is 14.7. The van der Waals surface area contributed by atoms with E-state index in [0.29, 0.717) is 12.1 Å². The fourth-order valence-electron chi connectivity index (χ4n) is 3.71. The third-order valence-electron chi connectivity index (χ3n) is 4.87. The van der Waals surface area contributed by atoms with E-state index in [-0.39, 0.29) is 0 Å². The molecule has 0 bridgehead atoms. The zero-order valence-electron chi connectivity index (χ0n) is 13.3. The highest BCUT2D eigenvalue weighted by molar-refractivity contribution is 5.34. The number of hydrogen-bond donors (Lipinski definition) is 1. The molecule has 5 heteroatoms. The molecule has 1 N–H and O–H groups in total. The molecule has 2 saturated heterocycles. The summed E-state index contributed by atoms with van der Waals surface area (Å²) in [5.41, 5.74) is 2.17. The molecule has 2 fully saturated rings. The predicted molar refractivity (Wildman–Crippen MR) is 84.6 cm³/mol. The van der Waals surface area contributed by atoms with E-state index in [1.54, 1.807) is 0 Å². The Morgan fingerprint density at radius 1 is 1.05 bits per heavy atom. The highest BCUT2D eigenvalue weighted by Crippen LogP contribution is 2.27. The largest absolute Gasteiger partial charge is 0.335 e. The fraction of sp³-hybridized carbons (Fsp3) is 0.812. The lowest BCUT2D eigenvalue weighted by molar-refractivity contribution is 0.372. The van der Waals surface area contributed by atoms with Gasteiger partial charge in [-0.3, -0.25) is 0 Å². The molecule has 21 heavy (non-hydrogen) atoms. The van der Waals surface area contributed by atoms with Gasteiger partial charge in [-0.05, 0) is 51.5 Å². The molecule has 0 amide bonds. The summed E-state index contributed by atoms with van der Waals surface area (Å²) >= 11 is 0. The van der Waals surface area contributed by atoms with Crippen LogP contribution in [0.25, 0.3) is 0 Å². The number of piperidine rings is 1. The van der Waals surface area contributed by atoms with Crippen LogP contribution < -0.4 is 10.2 Å². The number of nitrogens with zero attached hydrogens (tertiary/aromatic N) is 4. The Balaban J connectivity index is 1.85. The summed E-state index contributed by atoms with van der Waals surface area (Å²) in [5, 5.41) is 12.5. The Hall–Kier alpha value is -1.23. The van der Waals surface area contributed by atoms with Crippen LogP contribution in [-0.4, -0.2) is 40.4 Å². The van der Waals surface area contributed by atoms with Crippen LogP contribution in [0.5, 0.6) is 0 Å². The topological polar surface area (TPSA) is 53.9 Å². The third-order valence-corrected chi connectivity index (χ3v) is 4.87. The van der Waals surface area contributed by atoms with E-state index in [0.717, 1.165) is 43.3 Å². The zero-order valence-corrected chi connectivity index (χ0v) is 13.3. The van der Waals surface area contributed by atoms with E-state index in [2.05, 4.69) is 34.3 Å². The van der Waals surface area contributed by atoms with Crippen LogP contribution in [0.2, 0.25) is 0 Å². The van der Waals surface area contributed by atoms with Crippen molar-refractivity contribution < 1.29 is 0 Å². The average Bonchev–Trinajstić information content (AvgIpc) is 3.08. The van der Waals surface area contributed by atoms with Gasteiger partial charge in [0.2, 0.25) is 5.95 Å². The van der Waals surface area contributed by atoms with E-state index < -0.39 is 0 Å². The second-order valence-electron chi connectivity index (χ2n) is 6.17.